The maximum atomic E-state index is 11.8. The predicted octanol–water partition coefficient (Wildman–Crippen LogP) is 1.68. The molecule has 62 valence electrons. The zero-order valence-electron chi connectivity index (χ0n) is 5.25. The first-order valence-corrected chi connectivity index (χ1v) is 4.94. The number of alkyl halides is 1. The molecule has 0 saturated heterocycles. The molecular formula is C5H4ClFO3S. The predicted molar refractivity (Wildman–Crippen MR) is 36.6 cm³/mol. The molecule has 1 aromatic rings. The second-order valence-electron chi connectivity index (χ2n) is 1.79. The fourth-order valence-corrected chi connectivity index (χ4v) is 1.25. The summed E-state index contributed by atoms with van der Waals surface area (Å²) in [4.78, 5) is 0. The van der Waals surface area contributed by atoms with Crippen molar-refractivity contribution >= 4 is 19.7 Å². The summed E-state index contributed by atoms with van der Waals surface area (Å²) in [6.07, 6.45) is 0. The van der Waals surface area contributed by atoms with Crippen molar-refractivity contribution in [3.8, 4) is 0 Å². The van der Waals surface area contributed by atoms with Gasteiger partial charge in [0.25, 0.3) is 9.05 Å². The lowest BCUT2D eigenvalue weighted by molar-refractivity contribution is 0.353. The van der Waals surface area contributed by atoms with Crippen molar-refractivity contribution in [2.75, 3.05) is 0 Å². The summed E-state index contributed by atoms with van der Waals surface area (Å²) < 4.78 is 37.3. The van der Waals surface area contributed by atoms with Crippen LogP contribution in [-0.4, -0.2) is 8.42 Å². The Kier molecular flexibility index (Phi) is 2.20. The van der Waals surface area contributed by atoms with Crippen molar-refractivity contribution in [3.05, 3.63) is 17.9 Å². The Morgan fingerprint density at radius 3 is 2.45 bits per heavy atom. The second kappa shape index (κ2) is 2.83. The van der Waals surface area contributed by atoms with Crippen molar-refractivity contribution < 1.29 is 17.2 Å². The lowest BCUT2D eigenvalue weighted by Crippen LogP contribution is -1.85. The molecule has 6 heteroatoms. The van der Waals surface area contributed by atoms with Crippen LogP contribution in [-0.2, 0) is 15.7 Å². The molecule has 0 unspecified atom stereocenters. The van der Waals surface area contributed by atoms with Gasteiger partial charge in [0.2, 0.25) is 5.09 Å². The summed E-state index contributed by atoms with van der Waals surface area (Å²) >= 11 is 0. The Bertz CT molecular complexity index is 342. The van der Waals surface area contributed by atoms with Crippen LogP contribution < -0.4 is 0 Å². The molecule has 0 aromatic carbocycles. The summed E-state index contributed by atoms with van der Waals surface area (Å²) in [6, 6.07) is 2.33. The minimum Gasteiger partial charge on any atom is -0.446 e. The topological polar surface area (TPSA) is 47.3 Å². The van der Waals surface area contributed by atoms with Crippen LogP contribution in [0.1, 0.15) is 5.76 Å². The van der Waals surface area contributed by atoms with E-state index in [0.717, 1.165) is 6.07 Å². The fourth-order valence-electron chi connectivity index (χ4n) is 0.561. The second-order valence-corrected chi connectivity index (χ2v) is 4.29. The zero-order valence-corrected chi connectivity index (χ0v) is 6.82. The molecule has 0 amide bonds. The molecule has 1 rings (SSSR count). The van der Waals surface area contributed by atoms with Gasteiger partial charge in [-0.3, -0.25) is 0 Å². The molecular weight excluding hydrogens is 195 g/mol. The lowest BCUT2D eigenvalue weighted by Gasteiger charge is -1.86. The SMILES string of the molecule is O=S(=O)(Cl)c1ccc(CF)o1. The van der Waals surface area contributed by atoms with E-state index in [0.29, 0.717) is 0 Å². The van der Waals surface area contributed by atoms with E-state index in [4.69, 9.17) is 10.7 Å². The van der Waals surface area contributed by atoms with Crippen LogP contribution in [0.5, 0.6) is 0 Å². The molecule has 0 fully saturated rings. The van der Waals surface area contributed by atoms with Gasteiger partial charge in [-0.2, -0.15) is 0 Å². The first-order valence-electron chi connectivity index (χ1n) is 2.63. The number of rotatable bonds is 2. The largest absolute Gasteiger partial charge is 0.446 e. The highest BCUT2D eigenvalue weighted by Gasteiger charge is 2.14. The van der Waals surface area contributed by atoms with Crippen molar-refractivity contribution in [1.82, 2.24) is 0 Å². The van der Waals surface area contributed by atoms with Crippen LogP contribution in [0.25, 0.3) is 0 Å². The van der Waals surface area contributed by atoms with Crippen LogP contribution in [0.3, 0.4) is 0 Å². The van der Waals surface area contributed by atoms with Gasteiger partial charge in [0.05, 0.1) is 0 Å². The Morgan fingerprint density at radius 1 is 1.55 bits per heavy atom. The highest BCUT2D eigenvalue weighted by molar-refractivity contribution is 8.13. The van der Waals surface area contributed by atoms with Gasteiger partial charge in [-0.05, 0) is 12.1 Å². The molecule has 11 heavy (non-hydrogen) atoms. The molecule has 0 bridgehead atoms. The van der Waals surface area contributed by atoms with Crippen LogP contribution >= 0.6 is 10.7 Å². The van der Waals surface area contributed by atoms with Gasteiger partial charge in [0.1, 0.15) is 12.4 Å². The number of hydrogen-bond acceptors (Lipinski definition) is 3. The third-order valence-corrected chi connectivity index (χ3v) is 2.17. The quantitative estimate of drug-likeness (QED) is 0.680. The first kappa shape index (κ1) is 8.55. The molecule has 0 saturated carbocycles. The molecule has 0 spiro atoms. The highest BCUT2D eigenvalue weighted by Crippen LogP contribution is 2.18. The summed E-state index contributed by atoms with van der Waals surface area (Å²) in [5.74, 6) is -0.0516. The minimum atomic E-state index is -3.85. The van der Waals surface area contributed by atoms with Gasteiger partial charge < -0.3 is 4.42 Å². The van der Waals surface area contributed by atoms with E-state index >= 15 is 0 Å². The Morgan fingerprint density at radius 2 is 2.18 bits per heavy atom. The van der Waals surface area contributed by atoms with Crippen LogP contribution in [0, 0.1) is 0 Å². The molecule has 0 N–H and O–H groups in total. The van der Waals surface area contributed by atoms with E-state index in [2.05, 4.69) is 4.42 Å². The first-order chi connectivity index (χ1) is 5.04. The Balaban J connectivity index is 3.09. The lowest BCUT2D eigenvalue weighted by atomic mass is 10.5. The van der Waals surface area contributed by atoms with E-state index < -0.39 is 20.8 Å². The molecule has 3 nitrogen and oxygen atoms in total. The smallest absolute Gasteiger partial charge is 0.294 e. The highest BCUT2D eigenvalue weighted by atomic mass is 35.7. The third-order valence-electron chi connectivity index (χ3n) is 1.01. The van der Waals surface area contributed by atoms with Crippen molar-refractivity contribution in [2.45, 2.75) is 11.8 Å². The van der Waals surface area contributed by atoms with Crippen molar-refractivity contribution in [3.63, 3.8) is 0 Å². The van der Waals surface area contributed by atoms with E-state index in [1.54, 1.807) is 0 Å². The molecule has 1 aromatic heterocycles. The maximum Gasteiger partial charge on any atom is 0.294 e. The summed E-state index contributed by atoms with van der Waals surface area (Å²) in [6.45, 7) is -0.841. The molecule has 0 atom stereocenters. The standard InChI is InChI=1S/C5H4ClFO3S/c6-11(8,9)5-2-1-4(3-7)10-5/h1-2H,3H2. The maximum absolute atomic E-state index is 11.8. The van der Waals surface area contributed by atoms with Gasteiger partial charge in [-0.25, -0.2) is 12.8 Å². The Hall–Kier alpha value is -0.550. The summed E-state index contributed by atoms with van der Waals surface area (Å²) in [5.41, 5.74) is 0. The number of hydrogen-bond donors (Lipinski definition) is 0. The number of halogens is 2. The molecule has 0 aliphatic rings. The summed E-state index contributed by atoms with van der Waals surface area (Å²) in [5, 5.41) is -0.424. The van der Waals surface area contributed by atoms with E-state index in [-0.39, 0.29) is 5.76 Å². The van der Waals surface area contributed by atoms with Gasteiger partial charge in [-0.15, -0.1) is 0 Å². The van der Waals surface area contributed by atoms with Gasteiger partial charge >= 0.3 is 0 Å². The van der Waals surface area contributed by atoms with E-state index in [1.807, 2.05) is 0 Å². The van der Waals surface area contributed by atoms with E-state index in [9.17, 15) is 12.8 Å². The molecule has 1 heterocycles. The van der Waals surface area contributed by atoms with Gasteiger partial charge in [0.15, 0.2) is 0 Å². The normalized spacial score (nSPS) is 11.8. The average molecular weight is 199 g/mol. The summed E-state index contributed by atoms with van der Waals surface area (Å²) in [7, 11) is 1.03. The average Bonchev–Trinajstić information content (AvgIpc) is 2.32. The van der Waals surface area contributed by atoms with Crippen LogP contribution in [0.4, 0.5) is 4.39 Å². The van der Waals surface area contributed by atoms with Crippen molar-refractivity contribution in [2.24, 2.45) is 0 Å². The third kappa shape index (κ3) is 1.94. The molecule has 0 aliphatic carbocycles. The van der Waals surface area contributed by atoms with Crippen LogP contribution in [0.15, 0.2) is 21.6 Å². The minimum absolute atomic E-state index is 0.0516. The van der Waals surface area contributed by atoms with Gasteiger partial charge in [-0.1, -0.05) is 0 Å². The zero-order chi connectivity index (χ0) is 8.48. The van der Waals surface area contributed by atoms with Crippen LogP contribution in [0.2, 0.25) is 0 Å². The van der Waals surface area contributed by atoms with Crippen molar-refractivity contribution in [1.29, 1.82) is 0 Å². The Labute approximate surface area is 67.2 Å². The fraction of sp³-hybridized carbons (Fsp3) is 0.200. The monoisotopic (exact) mass is 198 g/mol. The number of furan rings is 1. The molecule has 0 radical (unpaired) electrons. The molecule has 0 aliphatic heterocycles. The van der Waals surface area contributed by atoms with Gasteiger partial charge in [0, 0.05) is 10.7 Å². The van der Waals surface area contributed by atoms with E-state index in [1.165, 1.54) is 6.07 Å².